The molecular formula is C17H18N2OS. The van der Waals surface area contributed by atoms with Gasteiger partial charge in [0.2, 0.25) is 0 Å². The molecule has 1 heterocycles. The minimum absolute atomic E-state index is 0.102. The quantitative estimate of drug-likeness (QED) is 0.854. The van der Waals surface area contributed by atoms with Gasteiger partial charge in [-0.25, -0.2) is 0 Å². The molecule has 1 fully saturated rings. The van der Waals surface area contributed by atoms with Gasteiger partial charge in [-0.1, -0.05) is 48.5 Å². The number of hydrogen-bond donors (Lipinski definition) is 1. The minimum atomic E-state index is -0.102. The van der Waals surface area contributed by atoms with E-state index in [0.29, 0.717) is 11.7 Å². The van der Waals surface area contributed by atoms with Crippen LogP contribution in [0.3, 0.4) is 0 Å². The summed E-state index contributed by atoms with van der Waals surface area (Å²) in [4.78, 5) is 2.09. The SMILES string of the molecule is Cc1ccccc1NC(=S)N1CCO[C@H]1c1ccccc1. The molecule has 0 saturated carbocycles. The number of ether oxygens (including phenoxy) is 1. The number of rotatable bonds is 2. The van der Waals surface area contributed by atoms with Crippen molar-refractivity contribution in [3.8, 4) is 0 Å². The smallest absolute Gasteiger partial charge is 0.175 e. The van der Waals surface area contributed by atoms with Crippen molar-refractivity contribution in [3.63, 3.8) is 0 Å². The zero-order valence-corrected chi connectivity index (χ0v) is 12.8. The third kappa shape index (κ3) is 3.06. The van der Waals surface area contributed by atoms with E-state index < -0.39 is 0 Å². The molecule has 0 aliphatic carbocycles. The van der Waals surface area contributed by atoms with Gasteiger partial charge in [0.25, 0.3) is 0 Å². The lowest BCUT2D eigenvalue weighted by molar-refractivity contribution is 0.0642. The largest absolute Gasteiger partial charge is 0.352 e. The van der Waals surface area contributed by atoms with Crippen LogP contribution in [-0.2, 0) is 4.74 Å². The number of aryl methyl sites for hydroxylation is 1. The zero-order chi connectivity index (χ0) is 14.7. The highest BCUT2D eigenvalue weighted by Gasteiger charge is 2.28. The van der Waals surface area contributed by atoms with E-state index in [-0.39, 0.29) is 6.23 Å². The van der Waals surface area contributed by atoms with Gasteiger partial charge in [0.1, 0.15) is 0 Å². The van der Waals surface area contributed by atoms with Crippen LogP contribution in [0.25, 0.3) is 0 Å². The summed E-state index contributed by atoms with van der Waals surface area (Å²) in [5.74, 6) is 0. The Morgan fingerprint density at radius 2 is 1.86 bits per heavy atom. The van der Waals surface area contributed by atoms with E-state index in [4.69, 9.17) is 17.0 Å². The summed E-state index contributed by atoms with van der Waals surface area (Å²) in [5.41, 5.74) is 3.35. The molecule has 1 N–H and O–H groups in total. The van der Waals surface area contributed by atoms with Crippen LogP contribution in [0.15, 0.2) is 54.6 Å². The van der Waals surface area contributed by atoms with Crippen molar-refractivity contribution in [2.75, 3.05) is 18.5 Å². The van der Waals surface area contributed by atoms with Crippen LogP contribution in [0.2, 0.25) is 0 Å². The average molecular weight is 298 g/mol. The molecule has 0 amide bonds. The number of anilines is 1. The van der Waals surface area contributed by atoms with Gasteiger partial charge < -0.3 is 15.0 Å². The fourth-order valence-electron chi connectivity index (χ4n) is 2.47. The van der Waals surface area contributed by atoms with Crippen LogP contribution >= 0.6 is 12.2 Å². The van der Waals surface area contributed by atoms with Gasteiger partial charge in [-0.05, 0) is 30.8 Å². The molecule has 0 bridgehead atoms. The van der Waals surface area contributed by atoms with E-state index in [2.05, 4.69) is 35.3 Å². The van der Waals surface area contributed by atoms with E-state index >= 15 is 0 Å². The maximum atomic E-state index is 5.84. The van der Waals surface area contributed by atoms with Crippen LogP contribution in [0.5, 0.6) is 0 Å². The summed E-state index contributed by atoms with van der Waals surface area (Å²) < 4.78 is 5.84. The van der Waals surface area contributed by atoms with Gasteiger partial charge in [0, 0.05) is 17.8 Å². The van der Waals surface area contributed by atoms with Crippen molar-refractivity contribution >= 4 is 23.0 Å². The van der Waals surface area contributed by atoms with Gasteiger partial charge in [-0.15, -0.1) is 0 Å². The van der Waals surface area contributed by atoms with Gasteiger partial charge >= 0.3 is 0 Å². The average Bonchev–Trinajstić information content (AvgIpc) is 3.00. The molecule has 2 aromatic carbocycles. The van der Waals surface area contributed by atoms with Crippen LogP contribution in [-0.4, -0.2) is 23.2 Å². The first kappa shape index (κ1) is 14.0. The molecule has 1 atom stereocenters. The number of hydrogen-bond acceptors (Lipinski definition) is 2. The molecule has 2 aromatic rings. The second-order valence-corrected chi connectivity index (χ2v) is 5.46. The molecular weight excluding hydrogens is 280 g/mol. The van der Waals surface area contributed by atoms with Crippen LogP contribution in [0.1, 0.15) is 17.4 Å². The Hall–Kier alpha value is -1.91. The molecule has 0 unspecified atom stereocenters. The Labute approximate surface area is 130 Å². The van der Waals surface area contributed by atoms with E-state index in [1.54, 1.807) is 0 Å². The predicted octanol–water partition coefficient (Wildman–Crippen LogP) is 3.72. The maximum absolute atomic E-state index is 5.84. The number of nitrogens with one attached hydrogen (secondary N) is 1. The number of benzene rings is 2. The summed E-state index contributed by atoms with van der Waals surface area (Å²) in [6, 6.07) is 18.3. The van der Waals surface area contributed by atoms with Crippen molar-refractivity contribution < 1.29 is 4.74 Å². The van der Waals surface area contributed by atoms with Crippen LogP contribution in [0.4, 0.5) is 5.69 Å². The monoisotopic (exact) mass is 298 g/mol. The lowest BCUT2D eigenvalue weighted by Gasteiger charge is -2.26. The Morgan fingerprint density at radius 3 is 2.62 bits per heavy atom. The Kier molecular flexibility index (Phi) is 4.18. The second kappa shape index (κ2) is 6.24. The fourth-order valence-corrected chi connectivity index (χ4v) is 2.77. The lowest BCUT2D eigenvalue weighted by atomic mass is 10.2. The van der Waals surface area contributed by atoms with Gasteiger partial charge in [-0.2, -0.15) is 0 Å². The second-order valence-electron chi connectivity index (χ2n) is 5.07. The summed E-state index contributed by atoms with van der Waals surface area (Å²) in [7, 11) is 0. The molecule has 1 saturated heterocycles. The molecule has 21 heavy (non-hydrogen) atoms. The molecule has 1 aliphatic rings. The highest BCUT2D eigenvalue weighted by molar-refractivity contribution is 7.80. The topological polar surface area (TPSA) is 24.5 Å². The lowest BCUT2D eigenvalue weighted by Crippen LogP contribution is -2.34. The highest BCUT2D eigenvalue weighted by atomic mass is 32.1. The maximum Gasteiger partial charge on any atom is 0.175 e. The Balaban J connectivity index is 1.76. The van der Waals surface area contributed by atoms with E-state index in [1.165, 1.54) is 5.56 Å². The van der Waals surface area contributed by atoms with Crippen molar-refractivity contribution in [2.45, 2.75) is 13.2 Å². The van der Waals surface area contributed by atoms with Crippen LogP contribution < -0.4 is 5.32 Å². The molecule has 3 rings (SSSR count). The molecule has 0 aromatic heterocycles. The van der Waals surface area contributed by atoms with Crippen molar-refractivity contribution in [1.29, 1.82) is 0 Å². The first-order chi connectivity index (χ1) is 10.3. The van der Waals surface area contributed by atoms with E-state index in [9.17, 15) is 0 Å². The third-order valence-corrected chi connectivity index (χ3v) is 3.96. The predicted molar refractivity (Wildman–Crippen MR) is 89.2 cm³/mol. The summed E-state index contributed by atoms with van der Waals surface area (Å²) in [6.45, 7) is 3.56. The fraction of sp³-hybridized carbons (Fsp3) is 0.235. The third-order valence-electron chi connectivity index (χ3n) is 3.62. The van der Waals surface area contributed by atoms with E-state index in [0.717, 1.165) is 17.8 Å². The van der Waals surface area contributed by atoms with Gasteiger partial charge in [-0.3, -0.25) is 0 Å². The van der Waals surface area contributed by atoms with Crippen molar-refractivity contribution in [3.05, 3.63) is 65.7 Å². The van der Waals surface area contributed by atoms with Crippen LogP contribution in [0, 0.1) is 6.92 Å². The summed E-state index contributed by atoms with van der Waals surface area (Å²) in [5, 5.41) is 4.03. The Morgan fingerprint density at radius 1 is 1.14 bits per heavy atom. The number of thiocarbonyl (C=S) groups is 1. The zero-order valence-electron chi connectivity index (χ0n) is 12.0. The molecule has 1 aliphatic heterocycles. The molecule has 4 heteroatoms. The van der Waals surface area contributed by atoms with Gasteiger partial charge in [0.05, 0.1) is 6.61 Å². The summed E-state index contributed by atoms with van der Waals surface area (Å²) >= 11 is 5.57. The standard InChI is InChI=1S/C17H18N2OS/c1-13-7-5-6-10-15(13)18-17(21)19-11-12-20-16(19)14-8-3-2-4-9-14/h2-10,16H,11-12H2,1H3,(H,18,21)/t16-/m0/s1. The van der Waals surface area contributed by atoms with Gasteiger partial charge in [0.15, 0.2) is 11.3 Å². The highest BCUT2D eigenvalue weighted by Crippen LogP contribution is 2.27. The molecule has 0 radical (unpaired) electrons. The number of nitrogens with zero attached hydrogens (tertiary/aromatic N) is 1. The van der Waals surface area contributed by atoms with Crippen molar-refractivity contribution in [2.24, 2.45) is 0 Å². The van der Waals surface area contributed by atoms with E-state index in [1.807, 2.05) is 36.4 Å². The molecule has 3 nitrogen and oxygen atoms in total. The van der Waals surface area contributed by atoms with Crippen molar-refractivity contribution in [1.82, 2.24) is 4.90 Å². The Bertz CT molecular complexity index is 630. The summed E-state index contributed by atoms with van der Waals surface area (Å²) in [6.07, 6.45) is -0.102. The normalized spacial score (nSPS) is 17.8. The number of para-hydroxylation sites is 1. The molecule has 0 spiro atoms. The molecule has 108 valence electrons. The first-order valence-electron chi connectivity index (χ1n) is 7.05. The first-order valence-corrected chi connectivity index (χ1v) is 7.46. The minimum Gasteiger partial charge on any atom is -0.352 e.